The van der Waals surface area contributed by atoms with Gasteiger partial charge in [-0.1, -0.05) is 0 Å². The van der Waals surface area contributed by atoms with Crippen molar-refractivity contribution in [2.45, 2.75) is 6.92 Å². The summed E-state index contributed by atoms with van der Waals surface area (Å²) in [5, 5.41) is 0. The van der Waals surface area contributed by atoms with E-state index < -0.39 is 0 Å². The summed E-state index contributed by atoms with van der Waals surface area (Å²) in [4.78, 5) is 10.8. The molecule has 0 heterocycles. The van der Waals surface area contributed by atoms with E-state index in [1.807, 2.05) is 28.1 Å². The average molecular weight is 273 g/mol. The fourth-order valence-corrected chi connectivity index (χ4v) is 0.594. The van der Waals surface area contributed by atoms with Gasteiger partial charge in [0.15, 0.2) is 6.54 Å². The molecule has 0 atom stereocenters. The highest BCUT2D eigenvalue weighted by molar-refractivity contribution is 5.70. The number of carbonyl (C=O) groups is 1. The van der Waals surface area contributed by atoms with E-state index in [4.69, 9.17) is 4.74 Å². The zero-order valence-electron chi connectivity index (χ0n) is 7.56. The predicted molar refractivity (Wildman–Crippen MR) is 39.5 cm³/mol. The van der Waals surface area contributed by atoms with Gasteiger partial charge in [0.25, 0.3) is 0 Å². The highest BCUT2D eigenvalue weighted by Gasteiger charge is 2.14. The Labute approximate surface area is 85.3 Å². The molecule has 0 fully saturated rings. The van der Waals surface area contributed by atoms with Crippen molar-refractivity contribution >= 4 is 5.97 Å². The number of likely N-dealkylation sites (N-methyl/N-ethyl adjacent to an activating group) is 1. The molecule has 0 amide bonds. The zero-order chi connectivity index (χ0) is 8.20. The molecular weight excluding hydrogens is 257 g/mol. The number of ether oxygens (including phenoxy) is 1. The molecule has 0 N–H and O–H groups in total. The minimum Gasteiger partial charge on any atom is -1.00 e. The molecule has 0 aliphatic carbocycles. The molecule has 0 bridgehead atoms. The van der Waals surface area contributed by atoms with Crippen LogP contribution in [0.1, 0.15) is 6.92 Å². The average Bonchev–Trinajstić information content (AvgIpc) is 1.59. The largest absolute Gasteiger partial charge is 1.00 e. The lowest BCUT2D eigenvalue weighted by Gasteiger charge is -2.21. The van der Waals surface area contributed by atoms with Crippen molar-refractivity contribution in [3.63, 3.8) is 0 Å². The van der Waals surface area contributed by atoms with E-state index in [-0.39, 0.29) is 29.9 Å². The van der Waals surface area contributed by atoms with E-state index in [1.54, 1.807) is 0 Å². The van der Waals surface area contributed by atoms with Crippen molar-refractivity contribution in [3.8, 4) is 0 Å². The first kappa shape index (κ1) is 13.7. The van der Waals surface area contributed by atoms with Gasteiger partial charge in [0.05, 0.1) is 27.7 Å². The van der Waals surface area contributed by atoms with E-state index in [0.717, 1.165) is 0 Å². The smallest absolute Gasteiger partial charge is 0.361 e. The minimum absolute atomic E-state index is 0. The van der Waals surface area contributed by atoms with Crippen molar-refractivity contribution in [2.75, 3.05) is 34.3 Å². The maximum absolute atomic E-state index is 10.8. The van der Waals surface area contributed by atoms with Crippen LogP contribution in [0.2, 0.25) is 0 Å². The van der Waals surface area contributed by atoms with Crippen LogP contribution in [0.15, 0.2) is 0 Å². The molecule has 0 unspecified atom stereocenters. The number of nitrogens with zero attached hydrogens (tertiary/aromatic N) is 1. The molecule has 0 aromatic heterocycles. The summed E-state index contributed by atoms with van der Waals surface area (Å²) < 4.78 is 5.39. The Balaban J connectivity index is 0. The van der Waals surface area contributed by atoms with Gasteiger partial charge in [0, 0.05) is 0 Å². The first-order chi connectivity index (χ1) is 4.45. The topological polar surface area (TPSA) is 26.3 Å². The molecule has 0 radical (unpaired) electrons. The first-order valence-electron chi connectivity index (χ1n) is 3.42. The summed E-state index contributed by atoms with van der Waals surface area (Å²) in [5.74, 6) is -0.130. The molecule has 0 aliphatic rings. The molecular formula is C7H16INO2. The van der Waals surface area contributed by atoms with Crippen LogP contribution < -0.4 is 24.0 Å². The van der Waals surface area contributed by atoms with Gasteiger partial charge < -0.3 is 33.2 Å². The molecule has 0 saturated carbocycles. The van der Waals surface area contributed by atoms with E-state index in [0.29, 0.717) is 17.6 Å². The third-order valence-corrected chi connectivity index (χ3v) is 0.909. The second-order valence-electron chi connectivity index (χ2n) is 3.25. The van der Waals surface area contributed by atoms with Crippen LogP contribution in [0.5, 0.6) is 0 Å². The summed E-state index contributed by atoms with van der Waals surface area (Å²) in [6.07, 6.45) is 0. The highest BCUT2D eigenvalue weighted by Crippen LogP contribution is 1.90. The fraction of sp³-hybridized carbons (Fsp3) is 0.857. The van der Waals surface area contributed by atoms with Crippen molar-refractivity contribution in [3.05, 3.63) is 0 Å². The van der Waals surface area contributed by atoms with E-state index in [2.05, 4.69) is 0 Å². The molecule has 11 heavy (non-hydrogen) atoms. The van der Waals surface area contributed by atoms with Gasteiger partial charge in [0.2, 0.25) is 0 Å². The van der Waals surface area contributed by atoms with E-state index >= 15 is 0 Å². The second-order valence-corrected chi connectivity index (χ2v) is 3.25. The van der Waals surface area contributed by atoms with Gasteiger partial charge in [-0.15, -0.1) is 0 Å². The van der Waals surface area contributed by atoms with E-state index in [1.165, 1.54) is 0 Å². The van der Waals surface area contributed by atoms with Crippen LogP contribution in [0, 0.1) is 0 Å². The maximum atomic E-state index is 10.8. The van der Waals surface area contributed by atoms with Crippen molar-refractivity contribution in [1.82, 2.24) is 0 Å². The molecule has 0 aromatic carbocycles. The number of hydrogen-bond donors (Lipinski definition) is 0. The highest BCUT2D eigenvalue weighted by atomic mass is 127. The van der Waals surface area contributed by atoms with Gasteiger partial charge in [-0.25, -0.2) is 4.79 Å². The SMILES string of the molecule is CCOC(=O)C[N+](C)(C)C.[I-]. The third kappa shape index (κ3) is 10.2. The van der Waals surface area contributed by atoms with Gasteiger partial charge in [-0.05, 0) is 6.92 Å². The monoisotopic (exact) mass is 273 g/mol. The fourth-order valence-electron chi connectivity index (χ4n) is 0.594. The van der Waals surface area contributed by atoms with Crippen LogP contribution in [-0.2, 0) is 9.53 Å². The van der Waals surface area contributed by atoms with Crippen LogP contribution >= 0.6 is 0 Å². The Kier molecular flexibility index (Phi) is 7.20. The van der Waals surface area contributed by atoms with E-state index in [9.17, 15) is 4.79 Å². The quantitative estimate of drug-likeness (QED) is 0.317. The van der Waals surface area contributed by atoms with Gasteiger partial charge in [-0.2, -0.15) is 0 Å². The standard InChI is InChI=1S/C7H16NO2.HI/c1-5-10-7(9)6-8(2,3)4;/h5-6H2,1-4H3;1H/q+1;/p-1. The normalized spacial score (nSPS) is 10.2. The van der Waals surface area contributed by atoms with Crippen molar-refractivity contribution in [1.29, 1.82) is 0 Å². The number of quaternary nitrogens is 1. The summed E-state index contributed by atoms with van der Waals surface area (Å²) in [6.45, 7) is 2.72. The summed E-state index contributed by atoms with van der Waals surface area (Å²) in [5.41, 5.74) is 0. The molecule has 0 saturated heterocycles. The van der Waals surface area contributed by atoms with Crippen LogP contribution in [-0.4, -0.2) is 44.7 Å². The lowest BCUT2D eigenvalue weighted by molar-refractivity contribution is -0.862. The van der Waals surface area contributed by atoms with Crippen LogP contribution in [0.3, 0.4) is 0 Å². The maximum Gasteiger partial charge on any atom is 0.361 e. The first-order valence-corrected chi connectivity index (χ1v) is 3.42. The van der Waals surface area contributed by atoms with Gasteiger partial charge >= 0.3 is 5.97 Å². The zero-order valence-corrected chi connectivity index (χ0v) is 9.71. The summed E-state index contributed by atoms with van der Waals surface area (Å²) in [7, 11) is 5.87. The number of esters is 1. The second kappa shape index (κ2) is 5.77. The molecule has 3 nitrogen and oxygen atoms in total. The van der Waals surface area contributed by atoms with Gasteiger partial charge in [-0.3, -0.25) is 0 Å². The number of halogens is 1. The van der Waals surface area contributed by atoms with Crippen molar-refractivity contribution in [2.24, 2.45) is 0 Å². The Morgan fingerprint density at radius 2 is 1.82 bits per heavy atom. The van der Waals surface area contributed by atoms with Crippen LogP contribution in [0.25, 0.3) is 0 Å². The molecule has 0 rings (SSSR count). The molecule has 4 heteroatoms. The summed E-state index contributed by atoms with van der Waals surface area (Å²) in [6, 6.07) is 0. The Bertz CT molecular complexity index is 120. The van der Waals surface area contributed by atoms with Crippen molar-refractivity contribution < 1.29 is 38.0 Å². The lowest BCUT2D eigenvalue weighted by Crippen LogP contribution is -3.00. The Morgan fingerprint density at radius 3 is 2.09 bits per heavy atom. The molecule has 0 aromatic rings. The number of rotatable bonds is 3. The molecule has 0 spiro atoms. The molecule has 0 aliphatic heterocycles. The Morgan fingerprint density at radius 1 is 1.36 bits per heavy atom. The third-order valence-electron chi connectivity index (χ3n) is 0.909. The summed E-state index contributed by atoms with van der Waals surface area (Å²) >= 11 is 0. The van der Waals surface area contributed by atoms with Gasteiger partial charge in [0.1, 0.15) is 0 Å². The lowest BCUT2D eigenvalue weighted by atomic mass is 10.5. The Hall–Kier alpha value is 0.160. The predicted octanol–water partition coefficient (Wildman–Crippen LogP) is -2.74. The number of hydrogen-bond acceptors (Lipinski definition) is 2. The number of carbonyl (C=O) groups excluding carboxylic acids is 1. The minimum atomic E-state index is -0.130. The molecule has 68 valence electrons. The van der Waals surface area contributed by atoms with Crippen LogP contribution in [0.4, 0.5) is 0 Å².